The average molecular weight is 480 g/mol. The molecule has 1 saturated carbocycles. The molecule has 178 valence electrons. The molecule has 0 spiro atoms. The number of amides is 2. The summed E-state index contributed by atoms with van der Waals surface area (Å²) in [6.07, 6.45) is 10.3. The van der Waals surface area contributed by atoms with Crippen molar-refractivity contribution in [2.24, 2.45) is 11.1 Å². The molecule has 2 aliphatic rings. The van der Waals surface area contributed by atoms with E-state index in [2.05, 4.69) is 28.3 Å². The van der Waals surface area contributed by atoms with Gasteiger partial charge in [0.05, 0.1) is 4.90 Å². The largest absolute Gasteiger partial charge is 0.346 e. The Bertz CT molecular complexity index is 1370. The molecule has 2 amide bonds. The lowest BCUT2D eigenvalue weighted by molar-refractivity contribution is 0.193. The van der Waals surface area contributed by atoms with Gasteiger partial charge in [-0.2, -0.15) is 0 Å². The van der Waals surface area contributed by atoms with E-state index in [1.165, 1.54) is 24.5 Å². The fraction of sp³-hybridized carbons (Fsp3) is 0.360. The van der Waals surface area contributed by atoms with Gasteiger partial charge in [-0.25, -0.2) is 23.3 Å². The van der Waals surface area contributed by atoms with Gasteiger partial charge in [0.2, 0.25) is 10.0 Å². The van der Waals surface area contributed by atoms with Crippen LogP contribution in [0, 0.1) is 5.92 Å². The molecule has 1 aliphatic heterocycles. The number of carbonyl (C=O) groups excluding carboxylic acids is 1. The number of aromatic nitrogens is 2. The van der Waals surface area contributed by atoms with Crippen molar-refractivity contribution in [1.82, 2.24) is 20.2 Å². The number of aromatic amines is 1. The first-order chi connectivity index (χ1) is 16.3. The number of urea groups is 1. The maximum Gasteiger partial charge on any atom is 0.317 e. The van der Waals surface area contributed by atoms with Crippen LogP contribution in [0.4, 0.5) is 4.79 Å². The highest BCUT2D eigenvalue weighted by Crippen LogP contribution is 2.34. The standard InChI is InChI=1S/C25H29N5O3S/c1-16-15-30(25(31)29-19-6-2-3-7-19)10-9-21(16)23-14-28-24-22(23)12-18(13-27-24)17-5-4-8-20(11-17)34(26,32)33/h4-5,8-9,11-14,16,19H,2-3,6-7,10,15H2,1H3,(H,27,28)(H,29,31)(H2,26,32,33). The minimum absolute atomic E-state index is 0.0201. The first-order valence-electron chi connectivity index (χ1n) is 11.7. The van der Waals surface area contributed by atoms with Gasteiger partial charge in [-0.15, -0.1) is 0 Å². The maximum atomic E-state index is 12.7. The molecule has 34 heavy (non-hydrogen) atoms. The van der Waals surface area contributed by atoms with E-state index in [1.54, 1.807) is 18.3 Å². The van der Waals surface area contributed by atoms with Crippen LogP contribution in [-0.2, 0) is 10.0 Å². The van der Waals surface area contributed by atoms with Gasteiger partial charge < -0.3 is 15.2 Å². The van der Waals surface area contributed by atoms with E-state index in [9.17, 15) is 13.2 Å². The first-order valence-corrected chi connectivity index (χ1v) is 13.2. The Balaban J connectivity index is 1.42. The summed E-state index contributed by atoms with van der Waals surface area (Å²) in [4.78, 5) is 22.5. The fourth-order valence-corrected chi connectivity index (χ4v) is 5.60. The van der Waals surface area contributed by atoms with Crippen molar-refractivity contribution in [3.8, 4) is 11.1 Å². The zero-order valence-electron chi connectivity index (χ0n) is 19.1. The summed E-state index contributed by atoms with van der Waals surface area (Å²) in [5, 5.41) is 9.44. The number of hydrogen-bond donors (Lipinski definition) is 3. The molecule has 1 unspecified atom stereocenters. The van der Waals surface area contributed by atoms with Gasteiger partial charge in [-0.1, -0.05) is 38.0 Å². The van der Waals surface area contributed by atoms with E-state index in [1.807, 2.05) is 23.2 Å². The second-order valence-corrected chi connectivity index (χ2v) is 10.9. The highest BCUT2D eigenvalue weighted by molar-refractivity contribution is 7.89. The molecule has 0 radical (unpaired) electrons. The van der Waals surface area contributed by atoms with Crippen molar-refractivity contribution in [3.63, 3.8) is 0 Å². The zero-order valence-corrected chi connectivity index (χ0v) is 19.9. The van der Waals surface area contributed by atoms with Crippen LogP contribution in [0.15, 0.2) is 53.7 Å². The monoisotopic (exact) mass is 479 g/mol. The lowest BCUT2D eigenvalue weighted by Gasteiger charge is -2.32. The predicted octanol–water partition coefficient (Wildman–Crippen LogP) is 3.86. The summed E-state index contributed by atoms with van der Waals surface area (Å²) < 4.78 is 23.5. The van der Waals surface area contributed by atoms with Gasteiger partial charge >= 0.3 is 6.03 Å². The van der Waals surface area contributed by atoms with E-state index >= 15 is 0 Å². The molecular formula is C25H29N5O3S. The summed E-state index contributed by atoms with van der Waals surface area (Å²) in [6.45, 7) is 3.35. The lowest BCUT2D eigenvalue weighted by atomic mass is 9.90. The van der Waals surface area contributed by atoms with Gasteiger partial charge in [-0.05, 0) is 48.1 Å². The molecule has 9 heteroatoms. The number of pyridine rings is 1. The number of hydrogen-bond acceptors (Lipinski definition) is 4. The first kappa shape index (κ1) is 22.6. The Hall–Kier alpha value is -3.17. The lowest BCUT2D eigenvalue weighted by Crippen LogP contribution is -2.47. The predicted molar refractivity (Wildman–Crippen MR) is 132 cm³/mol. The van der Waals surface area contributed by atoms with Crippen molar-refractivity contribution in [2.75, 3.05) is 13.1 Å². The van der Waals surface area contributed by atoms with Gasteiger partial charge in [0.15, 0.2) is 0 Å². The Morgan fingerprint density at radius 3 is 2.74 bits per heavy atom. The number of primary sulfonamides is 1. The number of nitrogens with zero attached hydrogens (tertiary/aromatic N) is 2. The highest BCUT2D eigenvalue weighted by atomic mass is 32.2. The Labute approximate surface area is 199 Å². The Morgan fingerprint density at radius 2 is 2.00 bits per heavy atom. The average Bonchev–Trinajstić information content (AvgIpc) is 3.48. The van der Waals surface area contributed by atoms with Gasteiger partial charge in [0.1, 0.15) is 5.65 Å². The van der Waals surface area contributed by atoms with Crippen molar-refractivity contribution in [1.29, 1.82) is 0 Å². The Kier molecular flexibility index (Phi) is 5.91. The molecular weight excluding hydrogens is 450 g/mol. The Morgan fingerprint density at radius 1 is 1.21 bits per heavy atom. The van der Waals surface area contributed by atoms with E-state index < -0.39 is 10.0 Å². The zero-order chi connectivity index (χ0) is 23.9. The molecule has 0 bridgehead atoms. The van der Waals surface area contributed by atoms with Crippen molar-refractivity contribution in [2.45, 2.75) is 43.5 Å². The number of nitrogens with one attached hydrogen (secondary N) is 2. The second-order valence-electron chi connectivity index (χ2n) is 9.29. The molecule has 1 fully saturated rings. The van der Waals surface area contributed by atoms with Gasteiger partial charge in [0, 0.05) is 48.0 Å². The summed E-state index contributed by atoms with van der Waals surface area (Å²) >= 11 is 0. The van der Waals surface area contributed by atoms with Crippen LogP contribution in [0.5, 0.6) is 0 Å². The smallest absolute Gasteiger partial charge is 0.317 e. The maximum absolute atomic E-state index is 12.7. The minimum atomic E-state index is -3.79. The summed E-state index contributed by atoms with van der Waals surface area (Å²) in [7, 11) is -3.79. The molecule has 2 aromatic heterocycles. The third-order valence-corrected chi connectivity index (χ3v) is 7.78. The van der Waals surface area contributed by atoms with Crippen LogP contribution in [0.25, 0.3) is 27.7 Å². The number of H-pyrrole nitrogens is 1. The molecule has 0 saturated heterocycles. The molecule has 5 rings (SSSR count). The highest BCUT2D eigenvalue weighted by Gasteiger charge is 2.27. The van der Waals surface area contributed by atoms with Crippen molar-refractivity contribution >= 4 is 32.7 Å². The normalized spacial score (nSPS) is 19.4. The van der Waals surface area contributed by atoms with E-state index in [0.29, 0.717) is 19.1 Å². The molecule has 1 atom stereocenters. The van der Waals surface area contributed by atoms with Crippen molar-refractivity contribution < 1.29 is 13.2 Å². The van der Waals surface area contributed by atoms with E-state index in [4.69, 9.17) is 5.14 Å². The van der Waals surface area contributed by atoms with Crippen LogP contribution in [0.1, 0.15) is 38.2 Å². The van der Waals surface area contributed by atoms with Crippen LogP contribution >= 0.6 is 0 Å². The summed E-state index contributed by atoms with van der Waals surface area (Å²) in [5.74, 6) is 0.163. The molecule has 3 heterocycles. The number of sulfonamides is 1. The quantitative estimate of drug-likeness (QED) is 0.526. The fourth-order valence-electron chi connectivity index (χ4n) is 5.04. The van der Waals surface area contributed by atoms with Gasteiger partial charge in [-0.3, -0.25) is 0 Å². The number of fused-ring (bicyclic) bond motifs is 1. The minimum Gasteiger partial charge on any atom is -0.346 e. The third-order valence-electron chi connectivity index (χ3n) is 6.86. The molecule has 3 aromatic rings. The molecule has 1 aliphatic carbocycles. The third kappa shape index (κ3) is 4.45. The topological polar surface area (TPSA) is 121 Å². The van der Waals surface area contributed by atoms with Crippen LogP contribution in [0.2, 0.25) is 0 Å². The SMILES string of the molecule is CC1CN(C(=O)NC2CCCC2)CC=C1c1c[nH]c2ncc(-c3cccc(S(N)(=O)=O)c3)cc12. The second kappa shape index (κ2) is 8.88. The number of benzene rings is 1. The molecule has 4 N–H and O–H groups in total. The summed E-state index contributed by atoms with van der Waals surface area (Å²) in [6, 6.07) is 8.90. The molecule has 8 nitrogen and oxygen atoms in total. The number of nitrogens with two attached hydrogens (primary N) is 1. The van der Waals surface area contributed by atoms with Crippen LogP contribution in [-0.4, -0.2) is 48.4 Å². The van der Waals surface area contributed by atoms with Crippen molar-refractivity contribution in [3.05, 3.63) is 54.4 Å². The van der Waals surface area contributed by atoms with E-state index in [-0.39, 0.29) is 16.8 Å². The van der Waals surface area contributed by atoms with Crippen LogP contribution in [0.3, 0.4) is 0 Å². The van der Waals surface area contributed by atoms with Gasteiger partial charge in [0.25, 0.3) is 0 Å². The molecule has 1 aromatic carbocycles. The summed E-state index contributed by atoms with van der Waals surface area (Å²) in [5.41, 5.74) is 4.52. The van der Waals surface area contributed by atoms with Crippen LogP contribution < -0.4 is 10.5 Å². The number of carbonyl (C=O) groups is 1. The number of rotatable bonds is 4. The van der Waals surface area contributed by atoms with E-state index in [0.717, 1.165) is 40.6 Å².